The normalized spacial score (nSPS) is 27.2. The third-order valence-electron chi connectivity index (χ3n) is 3.22. The highest BCUT2D eigenvalue weighted by molar-refractivity contribution is 6.28. The van der Waals surface area contributed by atoms with E-state index < -0.39 is 0 Å². The third kappa shape index (κ3) is 1.64. The number of anilines is 2. The van der Waals surface area contributed by atoms with E-state index in [1.165, 1.54) is 6.20 Å². The molecule has 1 amide bonds. The van der Waals surface area contributed by atoms with Crippen LogP contribution in [0.4, 0.5) is 11.5 Å². The number of likely N-dealkylation sites (N-methyl/N-ethyl adjacent to an activating group) is 1. The molecule has 2 aliphatic rings. The van der Waals surface area contributed by atoms with Gasteiger partial charge in [-0.15, -0.1) is 0 Å². The van der Waals surface area contributed by atoms with Crippen molar-refractivity contribution in [2.24, 2.45) is 5.92 Å². The number of hydrogen-bond acceptors (Lipinski definition) is 5. The number of amides is 1. The smallest absolute Gasteiger partial charge is 0.232 e. The van der Waals surface area contributed by atoms with Crippen LogP contribution in [0.2, 0.25) is 5.28 Å². The summed E-state index contributed by atoms with van der Waals surface area (Å²) in [6.45, 7) is 0.964. The molecule has 0 aliphatic carbocycles. The number of fused-ring (bicyclic) bond motifs is 2. The molecule has 1 saturated heterocycles. The monoisotopic (exact) mass is 254 g/mol. The lowest BCUT2D eigenvalue weighted by atomic mass is 10.0. The van der Waals surface area contributed by atoms with Gasteiger partial charge in [0.2, 0.25) is 11.2 Å². The van der Waals surface area contributed by atoms with E-state index in [0.717, 1.165) is 0 Å². The molecule has 6 nitrogen and oxygen atoms in total. The number of nitrogens with one attached hydrogen (secondary N) is 1. The Hall–Kier alpha value is -1.40. The molecule has 90 valence electrons. The highest BCUT2D eigenvalue weighted by atomic mass is 35.5. The fourth-order valence-corrected chi connectivity index (χ4v) is 2.40. The molecule has 1 fully saturated rings. The highest BCUT2D eigenvalue weighted by Gasteiger charge is 2.40. The first kappa shape index (κ1) is 10.7. The molecule has 3 heterocycles. The zero-order valence-electron chi connectivity index (χ0n) is 9.18. The van der Waals surface area contributed by atoms with Gasteiger partial charge >= 0.3 is 0 Å². The number of ether oxygens (including phenoxy) is 1. The van der Waals surface area contributed by atoms with Crippen LogP contribution in [0.3, 0.4) is 0 Å². The summed E-state index contributed by atoms with van der Waals surface area (Å²) in [6, 6.07) is 0.00205. The maximum atomic E-state index is 12.0. The summed E-state index contributed by atoms with van der Waals surface area (Å²) in [4.78, 5) is 21.9. The van der Waals surface area contributed by atoms with Gasteiger partial charge in [-0.25, -0.2) is 4.98 Å². The molecule has 2 unspecified atom stereocenters. The van der Waals surface area contributed by atoms with Gasteiger partial charge in [0, 0.05) is 7.05 Å². The minimum atomic E-state index is -0.173. The number of carbonyl (C=O) groups is 1. The Morgan fingerprint density at radius 2 is 2.41 bits per heavy atom. The van der Waals surface area contributed by atoms with Crippen LogP contribution in [0.15, 0.2) is 6.20 Å². The van der Waals surface area contributed by atoms with E-state index in [-0.39, 0.29) is 23.2 Å². The van der Waals surface area contributed by atoms with Gasteiger partial charge in [0.1, 0.15) is 5.69 Å². The summed E-state index contributed by atoms with van der Waals surface area (Å²) < 4.78 is 5.35. The largest absolute Gasteiger partial charge is 0.378 e. The summed E-state index contributed by atoms with van der Waals surface area (Å²) in [6.07, 6.45) is 1.53. The number of carbonyl (C=O) groups excluding carboxylic acids is 1. The molecule has 2 aliphatic heterocycles. The molecule has 1 N–H and O–H groups in total. The number of halogens is 1. The topological polar surface area (TPSA) is 67.4 Å². The highest BCUT2D eigenvalue weighted by Crippen LogP contribution is 2.33. The predicted octanol–water partition coefficient (Wildman–Crippen LogP) is 0.533. The summed E-state index contributed by atoms with van der Waals surface area (Å²) in [5.74, 6) is 0.411. The standard InChI is InChI=1S/C10H11ClN4O2/c1-15-7-4-17-3-5(7)9(16)13-6-2-12-10(11)14-8(6)15/h2,5,7H,3-4H2,1H3,(H,13,16). The Morgan fingerprint density at radius 1 is 1.59 bits per heavy atom. The van der Waals surface area contributed by atoms with Crippen molar-refractivity contribution in [3.05, 3.63) is 11.5 Å². The van der Waals surface area contributed by atoms with Crippen molar-refractivity contribution in [1.29, 1.82) is 0 Å². The number of nitrogens with zero attached hydrogens (tertiary/aromatic N) is 3. The predicted molar refractivity (Wildman–Crippen MR) is 62.2 cm³/mol. The Balaban J connectivity index is 2.09. The van der Waals surface area contributed by atoms with Gasteiger partial charge in [-0.05, 0) is 11.6 Å². The van der Waals surface area contributed by atoms with Crippen LogP contribution in [0.25, 0.3) is 0 Å². The molecule has 7 heteroatoms. The lowest BCUT2D eigenvalue weighted by molar-refractivity contribution is -0.120. The fraction of sp³-hybridized carbons (Fsp3) is 0.500. The van der Waals surface area contributed by atoms with E-state index in [9.17, 15) is 4.79 Å². The molecular formula is C10H11ClN4O2. The van der Waals surface area contributed by atoms with Crippen LogP contribution in [0, 0.1) is 5.92 Å². The number of rotatable bonds is 0. The average Bonchev–Trinajstić information content (AvgIpc) is 2.76. The van der Waals surface area contributed by atoms with Crippen molar-refractivity contribution in [1.82, 2.24) is 9.97 Å². The van der Waals surface area contributed by atoms with Gasteiger partial charge in [0.15, 0.2) is 5.82 Å². The van der Waals surface area contributed by atoms with Gasteiger partial charge in [0.25, 0.3) is 0 Å². The minimum Gasteiger partial charge on any atom is -0.378 e. The second kappa shape index (κ2) is 3.82. The molecule has 17 heavy (non-hydrogen) atoms. The van der Waals surface area contributed by atoms with Gasteiger partial charge in [-0.2, -0.15) is 4.98 Å². The van der Waals surface area contributed by atoms with Crippen molar-refractivity contribution >= 4 is 29.0 Å². The number of hydrogen-bond donors (Lipinski definition) is 1. The second-order valence-electron chi connectivity index (χ2n) is 4.19. The van der Waals surface area contributed by atoms with Crippen LogP contribution in [0.5, 0.6) is 0 Å². The first-order valence-corrected chi connectivity index (χ1v) is 5.68. The van der Waals surface area contributed by atoms with Crippen molar-refractivity contribution in [3.8, 4) is 0 Å². The molecule has 2 atom stereocenters. The Labute approximate surface area is 103 Å². The van der Waals surface area contributed by atoms with Crippen molar-refractivity contribution in [2.45, 2.75) is 6.04 Å². The maximum Gasteiger partial charge on any atom is 0.232 e. The molecule has 3 rings (SSSR count). The molecule has 0 saturated carbocycles. The van der Waals surface area contributed by atoms with E-state index in [4.69, 9.17) is 16.3 Å². The van der Waals surface area contributed by atoms with Gasteiger partial charge in [0.05, 0.1) is 31.4 Å². The van der Waals surface area contributed by atoms with Crippen LogP contribution in [0.1, 0.15) is 0 Å². The van der Waals surface area contributed by atoms with E-state index in [1.54, 1.807) is 0 Å². The van der Waals surface area contributed by atoms with Gasteiger partial charge in [-0.1, -0.05) is 0 Å². The summed E-state index contributed by atoms with van der Waals surface area (Å²) >= 11 is 5.78. The molecule has 1 aromatic rings. The van der Waals surface area contributed by atoms with Gasteiger partial charge < -0.3 is 15.0 Å². The Kier molecular flexibility index (Phi) is 2.41. The summed E-state index contributed by atoms with van der Waals surface area (Å²) in [5, 5.41) is 2.98. The van der Waals surface area contributed by atoms with Crippen molar-refractivity contribution in [2.75, 3.05) is 30.5 Å². The quantitative estimate of drug-likeness (QED) is 0.684. The number of aromatic nitrogens is 2. The van der Waals surface area contributed by atoms with Crippen molar-refractivity contribution < 1.29 is 9.53 Å². The molecular weight excluding hydrogens is 244 g/mol. The fourth-order valence-electron chi connectivity index (χ4n) is 2.27. The molecule has 0 bridgehead atoms. The third-order valence-corrected chi connectivity index (χ3v) is 3.40. The maximum absolute atomic E-state index is 12.0. The van der Waals surface area contributed by atoms with E-state index in [1.807, 2.05) is 11.9 Å². The lowest BCUT2D eigenvalue weighted by Crippen LogP contribution is -2.40. The van der Waals surface area contributed by atoms with Gasteiger partial charge in [-0.3, -0.25) is 4.79 Å². The van der Waals surface area contributed by atoms with Crippen molar-refractivity contribution in [3.63, 3.8) is 0 Å². The second-order valence-corrected chi connectivity index (χ2v) is 4.53. The van der Waals surface area contributed by atoms with Crippen LogP contribution < -0.4 is 10.2 Å². The first-order chi connectivity index (χ1) is 8.16. The Bertz CT molecular complexity index is 481. The molecule has 0 spiro atoms. The first-order valence-electron chi connectivity index (χ1n) is 5.31. The summed E-state index contributed by atoms with van der Waals surface area (Å²) in [5.41, 5.74) is 0.594. The summed E-state index contributed by atoms with van der Waals surface area (Å²) in [7, 11) is 1.88. The zero-order chi connectivity index (χ0) is 12.0. The van der Waals surface area contributed by atoms with Crippen LogP contribution >= 0.6 is 11.6 Å². The molecule has 0 aromatic carbocycles. The van der Waals surface area contributed by atoms with E-state index >= 15 is 0 Å². The van der Waals surface area contributed by atoms with E-state index in [2.05, 4.69) is 15.3 Å². The lowest BCUT2D eigenvalue weighted by Gasteiger charge is -2.25. The zero-order valence-corrected chi connectivity index (χ0v) is 9.94. The minimum absolute atomic E-state index is 0.00205. The molecule has 1 aromatic heterocycles. The molecule has 0 radical (unpaired) electrons. The SMILES string of the molecule is CN1c2nc(Cl)ncc2NC(=O)C2COCC21. The average molecular weight is 255 g/mol. The van der Waals surface area contributed by atoms with Crippen LogP contribution in [-0.2, 0) is 9.53 Å². The van der Waals surface area contributed by atoms with E-state index in [0.29, 0.717) is 24.7 Å². The van der Waals surface area contributed by atoms with Crippen LogP contribution in [-0.4, -0.2) is 42.2 Å². The Morgan fingerprint density at radius 3 is 3.24 bits per heavy atom.